The van der Waals surface area contributed by atoms with Gasteiger partial charge in [-0.3, -0.25) is 4.98 Å². The van der Waals surface area contributed by atoms with E-state index in [1.165, 1.54) is 7.11 Å². The lowest BCUT2D eigenvalue weighted by atomic mass is 9.92. The summed E-state index contributed by atoms with van der Waals surface area (Å²) in [5.74, 6) is 1.44. The van der Waals surface area contributed by atoms with Crippen molar-refractivity contribution in [3.63, 3.8) is 0 Å². The maximum Gasteiger partial charge on any atom is 0.329 e. The van der Waals surface area contributed by atoms with Gasteiger partial charge in [0.25, 0.3) is 6.01 Å². The fourth-order valence-electron chi connectivity index (χ4n) is 4.39. The summed E-state index contributed by atoms with van der Waals surface area (Å²) in [6.45, 7) is 2.61. The maximum atomic E-state index is 12.9. The first kappa shape index (κ1) is 23.5. The molecule has 4 aromatic rings. The summed E-state index contributed by atoms with van der Waals surface area (Å²) >= 11 is 0. The number of carbonyl (C=O) groups is 1. The zero-order valence-corrected chi connectivity index (χ0v) is 20.6. The molecule has 9 nitrogen and oxygen atoms in total. The first-order valence-corrected chi connectivity index (χ1v) is 11.5. The van der Waals surface area contributed by atoms with E-state index in [1.54, 1.807) is 20.4 Å². The molecule has 5 rings (SSSR count). The van der Waals surface area contributed by atoms with Gasteiger partial charge in [-0.15, -0.1) is 0 Å². The van der Waals surface area contributed by atoms with Crippen LogP contribution in [0.3, 0.4) is 0 Å². The zero-order valence-electron chi connectivity index (χ0n) is 20.6. The average molecular weight is 490 g/mol. The van der Waals surface area contributed by atoms with Crippen LogP contribution >= 0.6 is 0 Å². The molecule has 0 radical (unpaired) electrons. The second-order valence-electron chi connectivity index (χ2n) is 8.55. The minimum Gasteiger partial charge on any atom is -0.495 e. The number of hydrogen-bond acceptors (Lipinski definition) is 9. The first-order valence-electron chi connectivity index (χ1n) is 11.5. The Kier molecular flexibility index (Phi) is 6.37. The van der Waals surface area contributed by atoms with Crippen molar-refractivity contribution in [2.24, 2.45) is 0 Å². The van der Waals surface area contributed by atoms with E-state index in [9.17, 15) is 4.79 Å². The molecule has 0 saturated heterocycles. The Morgan fingerprint density at radius 1 is 1.11 bits per heavy atom. The van der Waals surface area contributed by atoms with Gasteiger partial charge in [-0.05, 0) is 48.4 Å². The van der Waals surface area contributed by atoms with Gasteiger partial charge in [0.1, 0.15) is 23.9 Å². The molecule has 0 N–H and O–H groups in total. The van der Waals surface area contributed by atoms with E-state index in [4.69, 9.17) is 23.4 Å². The number of hydrogen-bond donors (Lipinski definition) is 0. The molecule has 3 heterocycles. The van der Waals surface area contributed by atoms with Gasteiger partial charge in [0.2, 0.25) is 0 Å². The van der Waals surface area contributed by atoms with Crippen molar-refractivity contribution in [3.05, 3.63) is 71.0 Å². The summed E-state index contributed by atoms with van der Waals surface area (Å²) in [4.78, 5) is 23.8. The largest absolute Gasteiger partial charge is 0.495 e. The number of esters is 1. The molecule has 1 atom stereocenters. The minimum atomic E-state index is -0.648. The van der Waals surface area contributed by atoms with Crippen LogP contribution in [0.1, 0.15) is 22.4 Å². The summed E-state index contributed by atoms with van der Waals surface area (Å²) in [5, 5.41) is 0. The highest BCUT2D eigenvalue weighted by atomic mass is 16.5. The van der Waals surface area contributed by atoms with Crippen LogP contribution in [-0.2, 0) is 29.1 Å². The number of fused-ring (bicyclic) bond motifs is 2. The third-order valence-electron chi connectivity index (χ3n) is 6.30. The normalized spacial score (nSPS) is 14.9. The summed E-state index contributed by atoms with van der Waals surface area (Å²) < 4.78 is 28.2. The van der Waals surface area contributed by atoms with Gasteiger partial charge in [-0.1, -0.05) is 12.1 Å². The number of pyridine rings is 1. The lowest BCUT2D eigenvalue weighted by molar-refractivity contribution is -0.142. The van der Waals surface area contributed by atoms with E-state index >= 15 is 0 Å². The topological polar surface area (TPSA) is 96.2 Å². The number of aromatic nitrogens is 2. The van der Waals surface area contributed by atoms with Crippen molar-refractivity contribution in [2.75, 3.05) is 26.2 Å². The minimum absolute atomic E-state index is 0.230. The quantitative estimate of drug-likeness (QED) is 0.353. The second kappa shape index (κ2) is 9.77. The highest BCUT2D eigenvalue weighted by molar-refractivity contribution is 5.82. The van der Waals surface area contributed by atoms with E-state index in [-0.39, 0.29) is 12.6 Å². The van der Waals surface area contributed by atoms with E-state index in [1.807, 2.05) is 54.3 Å². The lowest BCUT2D eigenvalue weighted by Gasteiger charge is -2.35. The number of rotatable bonds is 7. The van der Waals surface area contributed by atoms with E-state index in [2.05, 4.69) is 9.97 Å². The summed E-state index contributed by atoms with van der Waals surface area (Å²) in [5.41, 5.74) is 5.06. The fraction of sp³-hybridized carbons (Fsp3) is 0.296. The van der Waals surface area contributed by atoms with Crippen LogP contribution in [0.2, 0.25) is 0 Å². The monoisotopic (exact) mass is 489 g/mol. The summed E-state index contributed by atoms with van der Waals surface area (Å²) in [6, 6.07) is 13.0. The number of anilines is 1. The van der Waals surface area contributed by atoms with Crippen LogP contribution in [0, 0.1) is 6.92 Å². The third kappa shape index (κ3) is 4.39. The molecule has 0 spiro atoms. The Bertz CT molecular complexity index is 1400. The number of carbonyl (C=O) groups excluding carboxylic acids is 1. The van der Waals surface area contributed by atoms with Crippen molar-refractivity contribution in [2.45, 2.75) is 32.5 Å². The molecule has 0 fully saturated rings. The second-order valence-corrected chi connectivity index (χ2v) is 8.55. The van der Waals surface area contributed by atoms with Gasteiger partial charge < -0.3 is 28.3 Å². The molecule has 0 saturated carbocycles. The van der Waals surface area contributed by atoms with Gasteiger partial charge in [0.15, 0.2) is 17.1 Å². The Balaban J connectivity index is 1.50. The van der Waals surface area contributed by atoms with Crippen LogP contribution in [0.15, 0.2) is 53.1 Å². The number of oxazole rings is 1. The Morgan fingerprint density at radius 3 is 2.69 bits per heavy atom. The van der Waals surface area contributed by atoms with E-state index < -0.39 is 6.04 Å². The van der Waals surface area contributed by atoms with E-state index in [0.29, 0.717) is 41.8 Å². The fourth-order valence-corrected chi connectivity index (χ4v) is 4.39. The zero-order chi connectivity index (χ0) is 25.2. The molecule has 0 unspecified atom stereocenters. The number of benzene rings is 2. The summed E-state index contributed by atoms with van der Waals surface area (Å²) in [7, 11) is 4.56. The molecule has 0 aliphatic carbocycles. The first-order chi connectivity index (χ1) is 17.5. The van der Waals surface area contributed by atoms with Gasteiger partial charge >= 0.3 is 5.97 Å². The standard InChI is InChI=1S/C27H27N3O6/c1-16-5-9-21-24(11-16)36-27(29-21)30-14-17-6-10-23(33-3)25(20(17)12-22(30)26(31)34-4)35-15-18-7-8-19(32-2)13-28-18/h5-11,13,22H,12,14-15H2,1-4H3/t22-/m0/s1. The smallest absolute Gasteiger partial charge is 0.329 e. The summed E-state index contributed by atoms with van der Waals surface area (Å²) in [6.07, 6.45) is 1.98. The van der Waals surface area contributed by atoms with Crippen molar-refractivity contribution < 1.29 is 28.2 Å². The highest BCUT2D eigenvalue weighted by Gasteiger charge is 2.37. The van der Waals surface area contributed by atoms with Crippen LogP contribution in [0.25, 0.3) is 11.1 Å². The van der Waals surface area contributed by atoms with Gasteiger partial charge in [0.05, 0.1) is 33.2 Å². The Labute approximate surface area is 208 Å². The molecule has 36 heavy (non-hydrogen) atoms. The highest BCUT2D eigenvalue weighted by Crippen LogP contribution is 2.40. The van der Waals surface area contributed by atoms with Crippen molar-refractivity contribution in [1.29, 1.82) is 0 Å². The van der Waals surface area contributed by atoms with Crippen LogP contribution in [0.4, 0.5) is 6.01 Å². The van der Waals surface area contributed by atoms with E-state index in [0.717, 1.165) is 27.9 Å². The Morgan fingerprint density at radius 2 is 1.97 bits per heavy atom. The van der Waals surface area contributed by atoms with Crippen molar-refractivity contribution in [3.8, 4) is 17.2 Å². The Hall–Kier alpha value is -4.27. The molecule has 1 aliphatic rings. The third-order valence-corrected chi connectivity index (χ3v) is 6.30. The number of ether oxygens (including phenoxy) is 4. The van der Waals surface area contributed by atoms with Gasteiger partial charge in [-0.25, -0.2) is 4.79 Å². The molecule has 2 aromatic carbocycles. The number of nitrogens with zero attached hydrogens (tertiary/aromatic N) is 3. The molecule has 0 bridgehead atoms. The molecular weight excluding hydrogens is 462 g/mol. The SMILES string of the molecule is COC(=O)[C@@H]1Cc2c(ccc(OC)c2OCc2ccc(OC)cn2)CN1c1nc2ccc(C)cc2o1. The number of aryl methyl sites for hydroxylation is 1. The lowest BCUT2D eigenvalue weighted by Crippen LogP contribution is -2.46. The van der Waals surface area contributed by atoms with Gasteiger partial charge in [-0.2, -0.15) is 4.98 Å². The van der Waals surface area contributed by atoms with Gasteiger partial charge in [0, 0.05) is 18.5 Å². The predicted octanol–water partition coefficient (Wildman–Crippen LogP) is 4.23. The average Bonchev–Trinajstić information content (AvgIpc) is 3.33. The van der Waals surface area contributed by atoms with Crippen LogP contribution in [-0.4, -0.2) is 43.3 Å². The van der Waals surface area contributed by atoms with Crippen molar-refractivity contribution in [1.82, 2.24) is 9.97 Å². The van der Waals surface area contributed by atoms with Crippen LogP contribution in [0.5, 0.6) is 17.2 Å². The molecule has 9 heteroatoms. The van der Waals surface area contributed by atoms with Crippen LogP contribution < -0.4 is 19.1 Å². The number of methoxy groups -OCH3 is 3. The molecule has 0 amide bonds. The molecule has 186 valence electrons. The molecule has 2 aromatic heterocycles. The molecule has 1 aliphatic heterocycles. The predicted molar refractivity (Wildman–Crippen MR) is 133 cm³/mol. The van der Waals surface area contributed by atoms with Crippen molar-refractivity contribution >= 4 is 23.1 Å². The maximum absolute atomic E-state index is 12.9. The molecular formula is C27H27N3O6.